The van der Waals surface area contributed by atoms with Crippen LogP contribution in [0.1, 0.15) is 18.5 Å². The highest BCUT2D eigenvalue weighted by Crippen LogP contribution is 2.34. The summed E-state index contributed by atoms with van der Waals surface area (Å²) in [4.78, 5) is 0.0159. The predicted octanol–water partition coefficient (Wildman–Crippen LogP) is 0.773. The quantitative estimate of drug-likeness (QED) is 0.872. The molecule has 1 saturated carbocycles. The lowest BCUT2D eigenvalue weighted by Gasteiger charge is -2.20. The van der Waals surface area contributed by atoms with E-state index in [9.17, 15) is 13.5 Å². The maximum atomic E-state index is 12.4. The van der Waals surface area contributed by atoms with Crippen LogP contribution >= 0.6 is 11.6 Å². The first-order valence-corrected chi connectivity index (χ1v) is 7.90. The highest BCUT2D eigenvalue weighted by molar-refractivity contribution is 7.89. The Morgan fingerprint density at radius 2 is 2.16 bits per heavy atom. The number of halogens is 1. The van der Waals surface area contributed by atoms with Gasteiger partial charge in [-0.25, -0.2) is 8.42 Å². The molecule has 1 N–H and O–H groups in total. The number of aliphatic hydroxyl groups excluding tert-OH is 1. The molecule has 1 heterocycles. The van der Waals surface area contributed by atoms with Crippen molar-refractivity contribution in [3.8, 4) is 0 Å². The molecule has 6 nitrogen and oxygen atoms in total. The molecule has 1 aliphatic rings. The van der Waals surface area contributed by atoms with Gasteiger partial charge in [0.05, 0.1) is 11.8 Å². The normalized spacial score (nSPS) is 18.0. The zero-order valence-corrected chi connectivity index (χ0v) is 12.7. The molecule has 1 aromatic rings. The zero-order chi connectivity index (χ0) is 14.4. The molecule has 0 aromatic carbocycles. The number of hydrogen-bond acceptors (Lipinski definition) is 4. The molecule has 8 heteroatoms. The van der Waals surface area contributed by atoms with Gasteiger partial charge in [0.15, 0.2) is 0 Å². The zero-order valence-electron chi connectivity index (χ0n) is 11.2. The molecule has 19 heavy (non-hydrogen) atoms. The van der Waals surface area contributed by atoms with Crippen LogP contribution in [0.3, 0.4) is 0 Å². The van der Waals surface area contributed by atoms with Crippen molar-refractivity contribution < 1.29 is 13.5 Å². The molecule has 1 aromatic heterocycles. The molecule has 1 fully saturated rings. The van der Waals surface area contributed by atoms with Crippen molar-refractivity contribution >= 4 is 21.6 Å². The molecule has 2 rings (SSSR count). The van der Waals surface area contributed by atoms with Crippen molar-refractivity contribution in [1.29, 1.82) is 0 Å². The number of aromatic nitrogens is 2. The minimum atomic E-state index is -3.72. The van der Waals surface area contributed by atoms with Crippen molar-refractivity contribution in [3.63, 3.8) is 0 Å². The maximum Gasteiger partial charge on any atom is 0.247 e. The van der Waals surface area contributed by atoms with E-state index in [1.165, 1.54) is 11.7 Å². The van der Waals surface area contributed by atoms with E-state index in [0.29, 0.717) is 5.69 Å². The minimum Gasteiger partial charge on any atom is -0.391 e. The van der Waals surface area contributed by atoms with Gasteiger partial charge in [0.25, 0.3) is 0 Å². The summed E-state index contributed by atoms with van der Waals surface area (Å²) in [7, 11) is -0.683. The Morgan fingerprint density at radius 1 is 1.58 bits per heavy atom. The highest BCUT2D eigenvalue weighted by atomic mass is 35.5. The van der Waals surface area contributed by atoms with Crippen LogP contribution in [0.2, 0.25) is 5.15 Å². The fourth-order valence-electron chi connectivity index (χ4n) is 2.05. The van der Waals surface area contributed by atoms with Crippen LogP contribution in [0.15, 0.2) is 4.90 Å². The maximum absolute atomic E-state index is 12.4. The summed E-state index contributed by atoms with van der Waals surface area (Å²) >= 11 is 5.99. The number of sulfonamides is 1. The Labute approximate surface area is 118 Å². The van der Waals surface area contributed by atoms with Crippen LogP contribution in [0.25, 0.3) is 0 Å². The van der Waals surface area contributed by atoms with Crippen LogP contribution in [0.5, 0.6) is 0 Å². The largest absolute Gasteiger partial charge is 0.391 e. The lowest BCUT2D eigenvalue weighted by Crippen LogP contribution is -2.35. The molecule has 0 saturated heterocycles. The van der Waals surface area contributed by atoms with Gasteiger partial charge in [0.1, 0.15) is 10.0 Å². The molecule has 0 bridgehead atoms. The molecule has 0 radical (unpaired) electrons. The van der Waals surface area contributed by atoms with Crippen LogP contribution in [0.4, 0.5) is 0 Å². The summed E-state index contributed by atoms with van der Waals surface area (Å²) in [5.74, 6) is 0.225. The third kappa shape index (κ3) is 2.79. The van der Waals surface area contributed by atoms with Crippen LogP contribution < -0.4 is 0 Å². The second kappa shape index (κ2) is 5.05. The number of aryl methyl sites for hydroxylation is 2. The molecule has 1 aliphatic carbocycles. The second-order valence-corrected chi connectivity index (χ2v) is 7.36. The van der Waals surface area contributed by atoms with Crippen molar-refractivity contribution in [2.75, 3.05) is 13.6 Å². The summed E-state index contributed by atoms with van der Waals surface area (Å²) in [5, 5.41) is 13.9. The molecular weight excluding hydrogens is 290 g/mol. The van der Waals surface area contributed by atoms with E-state index >= 15 is 0 Å². The standard InChI is InChI=1S/C11H18ClN3O3S/c1-7-10(11(12)15(3)13-7)19(17,18)14(2)6-9(16)8-4-5-8/h8-9,16H,4-6H2,1-3H3. The molecule has 1 atom stereocenters. The van der Waals surface area contributed by atoms with Crippen molar-refractivity contribution in [1.82, 2.24) is 14.1 Å². The summed E-state index contributed by atoms with van der Waals surface area (Å²) in [6.07, 6.45) is 1.30. The molecule has 108 valence electrons. The molecular formula is C11H18ClN3O3S. The Morgan fingerprint density at radius 3 is 2.58 bits per heavy atom. The minimum absolute atomic E-state index is 0.0159. The van der Waals surface area contributed by atoms with E-state index in [-0.39, 0.29) is 22.5 Å². The van der Waals surface area contributed by atoms with E-state index in [0.717, 1.165) is 17.1 Å². The molecule has 0 aliphatic heterocycles. The number of hydrogen-bond donors (Lipinski definition) is 1. The first kappa shape index (κ1) is 14.8. The van der Waals surface area contributed by atoms with Gasteiger partial charge >= 0.3 is 0 Å². The smallest absolute Gasteiger partial charge is 0.247 e. The van der Waals surface area contributed by atoms with Crippen molar-refractivity contribution in [3.05, 3.63) is 10.8 Å². The van der Waals surface area contributed by atoms with Gasteiger partial charge in [0.2, 0.25) is 10.0 Å². The van der Waals surface area contributed by atoms with E-state index < -0.39 is 16.1 Å². The van der Waals surface area contributed by atoms with Gasteiger partial charge in [-0.05, 0) is 25.7 Å². The summed E-state index contributed by atoms with van der Waals surface area (Å²) in [6.45, 7) is 1.68. The Kier molecular flexibility index (Phi) is 3.92. The fraction of sp³-hybridized carbons (Fsp3) is 0.727. The topological polar surface area (TPSA) is 75.4 Å². The predicted molar refractivity (Wildman–Crippen MR) is 71.5 cm³/mol. The lowest BCUT2D eigenvalue weighted by molar-refractivity contribution is 0.131. The van der Waals surface area contributed by atoms with E-state index in [1.54, 1.807) is 14.0 Å². The summed E-state index contributed by atoms with van der Waals surface area (Å²) in [5.41, 5.74) is 0.361. The molecule has 0 amide bonds. The van der Waals surface area contributed by atoms with Crippen molar-refractivity contribution in [2.24, 2.45) is 13.0 Å². The van der Waals surface area contributed by atoms with Crippen LogP contribution in [-0.4, -0.2) is 47.3 Å². The van der Waals surface area contributed by atoms with Gasteiger partial charge in [-0.2, -0.15) is 9.40 Å². The monoisotopic (exact) mass is 307 g/mol. The first-order valence-electron chi connectivity index (χ1n) is 6.08. The van der Waals surface area contributed by atoms with E-state index in [4.69, 9.17) is 11.6 Å². The van der Waals surface area contributed by atoms with Crippen LogP contribution in [0, 0.1) is 12.8 Å². The molecule has 1 unspecified atom stereocenters. The van der Waals surface area contributed by atoms with Crippen LogP contribution in [-0.2, 0) is 17.1 Å². The third-order valence-electron chi connectivity index (χ3n) is 3.38. The third-order valence-corrected chi connectivity index (χ3v) is 5.90. The lowest BCUT2D eigenvalue weighted by atomic mass is 10.2. The Balaban J connectivity index is 2.25. The first-order chi connectivity index (χ1) is 8.75. The van der Waals surface area contributed by atoms with Gasteiger partial charge in [-0.15, -0.1) is 0 Å². The second-order valence-electron chi connectivity index (χ2n) is 5.02. The van der Waals surface area contributed by atoms with Gasteiger partial charge < -0.3 is 5.11 Å². The average molecular weight is 308 g/mol. The SMILES string of the molecule is Cc1nn(C)c(Cl)c1S(=O)(=O)N(C)CC(O)C1CC1. The summed E-state index contributed by atoms with van der Waals surface area (Å²) in [6, 6.07) is 0. The fourth-order valence-corrected chi connectivity index (χ4v) is 3.94. The van der Waals surface area contributed by atoms with E-state index in [1.807, 2.05) is 0 Å². The average Bonchev–Trinajstić information content (AvgIpc) is 3.08. The van der Waals surface area contributed by atoms with E-state index in [2.05, 4.69) is 5.10 Å². The number of rotatable bonds is 5. The number of nitrogens with zero attached hydrogens (tertiary/aromatic N) is 3. The summed E-state index contributed by atoms with van der Waals surface area (Å²) < 4.78 is 27.4. The Hall–Kier alpha value is -0.630. The Bertz CT molecular complexity index is 580. The van der Waals surface area contributed by atoms with Gasteiger partial charge in [-0.3, -0.25) is 4.68 Å². The van der Waals surface area contributed by atoms with Crippen molar-refractivity contribution in [2.45, 2.75) is 30.8 Å². The number of aliphatic hydroxyl groups is 1. The van der Waals surface area contributed by atoms with Gasteiger partial charge in [0, 0.05) is 20.6 Å². The number of likely N-dealkylation sites (N-methyl/N-ethyl adjacent to an activating group) is 1. The molecule has 0 spiro atoms. The highest BCUT2D eigenvalue weighted by Gasteiger charge is 2.35. The van der Waals surface area contributed by atoms with Gasteiger partial charge in [-0.1, -0.05) is 11.6 Å².